The fraction of sp³-hybridized carbons (Fsp3) is 0.227. The second-order valence-corrected chi connectivity index (χ2v) is 10.3. The first-order valence-corrected chi connectivity index (χ1v) is 12.0. The molecule has 0 bridgehead atoms. The second-order valence-electron chi connectivity index (χ2n) is 7.25. The van der Waals surface area contributed by atoms with E-state index in [1.165, 1.54) is 23.9 Å². The van der Waals surface area contributed by atoms with Crippen molar-refractivity contribution in [1.29, 1.82) is 0 Å². The van der Waals surface area contributed by atoms with Crippen molar-refractivity contribution in [2.45, 2.75) is 30.0 Å². The van der Waals surface area contributed by atoms with Gasteiger partial charge < -0.3 is 9.67 Å². The van der Waals surface area contributed by atoms with Gasteiger partial charge in [0.15, 0.2) is 9.84 Å². The molecule has 2 heterocycles. The summed E-state index contributed by atoms with van der Waals surface area (Å²) in [5.74, 6) is -0.987. The van der Waals surface area contributed by atoms with Crippen LogP contribution in [-0.4, -0.2) is 35.1 Å². The van der Waals surface area contributed by atoms with Crippen LogP contribution in [0, 0.1) is 12.7 Å². The van der Waals surface area contributed by atoms with Crippen molar-refractivity contribution in [3.63, 3.8) is 0 Å². The Morgan fingerprint density at radius 2 is 1.97 bits per heavy atom. The Morgan fingerprint density at radius 1 is 1.23 bits per heavy atom. The molecule has 1 aliphatic heterocycles. The van der Waals surface area contributed by atoms with E-state index in [1.807, 2.05) is 5.41 Å². The van der Waals surface area contributed by atoms with Gasteiger partial charge in [0.2, 0.25) is 0 Å². The van der Waals surface area contributed by atoms with Gasteiger partial charge in [-0.15, -0.1) is 11.8 Å². The third-order valence-electron chi connectivity index (χ3n) is 5.43. The van der Waals surface area contributed by atoms with E-state index in [9.17, 15) is 22.7 Å². The number of halogens is 1. The molecule has 3 aromatic rings. The number of carboxylic acid groups (broad SMARTS) is 1. The Hall–Kier alpha value is -2.58. The Morgan fingerprint density at radius 3 is 2.67 bits per heavy atom. The third-order valence-corrected chi connectivity index (χ3v) is 8.79. The predicted octanol–water partition coefficient (Wildman–Crippen LogP) is 4.19. The Balaban J connectivity index is 1.76. The maximum Gasteiger partial charge on any atom is 0.323 e. The number of hydrogen-bond acceptors (Lipinski definition) is 4. The summed E-state index contributed by atoms with van der Waals surface area (Å²) in [7, 11) is -3.56. The molecule has 1 atom stereocenters. The molecule has 0 radical (unpaired) electrons. The van der Waals surface area contributed by atoms with Crippen LogP contribution >= 0.6 is 11.8 Å². The molecule has 0 spiro atoms. The van der Waals surface area contributed by atoms with E-state index < -0.39 is 26.9 Å². The zero-order valence-electron chi connectivity index (χ0n) is 16.2. The third kappa shape index (κ3) is 3.65. The van der Waals surface area contributed by atoms with Gasteiger partial charge in [0.1, 0.15) is 12.4 Å². The van der Waals surface area contributed by atoms with Gasteiger partial charge in [0.25, 0.3) is 0 Å². The van der Waals surface area contributed by atoms with Crippen molar-refractivity contribution < 1.29 is 22.7 Å². The monoisotopic (exact) mass is 445 g/mol. The number of hydrogen-bond donors (Lipinski definition) is 1. The Labute approximate surface area is 178 Å². The molecule has 1 aromatic heterocycles. The van der Waals surface area contributed by atoms with Crippen LogP contribution in [0.1, 0.15) is 11.3 Å². The van der Waals surface area contributed by atoms with Gasteiger partial charge in [-0.3, -0.25) is 4.79 Å². The van der Waals surface area contributed by atoms with Crippen molar-refractivity contribution >= 4 is 38.5 Å². The first kappa shape index (κ1) is 20.7. The summed E-state index contributed by atoms with van der Waals surface area (Å²) in [5.41, 5.74) is 2.82. The molecule has 1 aliphatic rings. The van der Waals surface area contributed by atoms with Crippen molar-refractivity contribution in [1.82, 2.24) is 4.57 Å². The molecule has 0 saturated heterocycles. The summed E-state index contributed by atoms with van der Waals surface area (Å²) >= 11 is 1.45. The van der Waals surface area contributed by atoms with Crippen molar-refractivity contribution in [3.8, 4) is 0 Å². The lowest BCUT2D eigenvalue weighted by atomic mass is 10.0. The van der Waals surface area contributed by atoms with Crippen LogP contribution in [0.5, 0.6) is 0 Å². The number of thioether (sulfide) groups is 1. The summed E-state index contributed by atoms with van der Waals surface area (Å²) in [6.45, 7) is 1.55. The van der Waals surface area contributed by atoms with Crippen LogP contribution in [0.2, 0.25) is 0 Å². The molecule has 2 aromatic carbocycles. The smallest absolute Gasteiger partial charge is 0.323 e. The molecule has 1 unspecified atom stereocenters. The molecule has 5 nitrogen and oxygen atoms in total. The molecule has 30 heavy (non-hydrogen) atoms. The molecule has 0 fully saturated rings. The summed E-state index contributed by atoms with van der Waals surface area (Å²) in [5, 5.41) is 11.1. The van der Waals surface area contributed by atoms with Crippen LogP contribution in [0.3, 0.4) is 0 Å². The number of fused-ring (bicyclic) bond motifs is 1. The number of benzene rings is 2. The summed E-state index contributed by atoms with van der Waals surface area (Å²) in [6.07, 6.45) is 0.322. The molecule has 156 valence electrons. The molecule has 0 saturated carbocycles. The van der Waals surface area contributed by atoms with Crippen LogP contribution < -0.4 is 0 Å². The predicted molar refractivity (Wildman–Crippen MR) is 116 cm³/mol. The standard InChI is InChI=1S/C22H20FNO4S2/c1-14-18(19-10-16(23)7-8-20(19)24(14)11-22(25)26)9-15-12-29-13-21(15)30(27,28)17-5-3-2-4-6-17/h2-8,10,12,21H,9,11,13H2,1H3,(H,25,26). The van der Waals surface area contributed by atoms with Crippen molar-refractivity contribution in [3.05, 3.63) is 76.6 Å². The highest BCUT2D eigenvalue weighted by molar-refractivity contribution is 8.04. The minimum absolute atomic E-state index is 0.243. The lowest BCUT2D eigenvalue weighted by molar-refractivity contribution is -0.137. The van der Waals surface area contributed by atoms with Gasteiger partial charge in [-0.05, 0) is 60.2 Å². The van der Waals surface area contributed by atoms with Crippen LogP contribution in [0.4, 0.5) is 4.39 Å². The lowest BCUT2D eigenvalue weighted by Gasteiger charge is -2.16. The van der Waals surface area contributed by atoms with E-state index in [0.29, 0.717) is 28.8 Å². The van der Waals surface area contributed by atoms with Gasteiger partial charge in [0, 0.05) is 22.3 Å². The van der Waals surface area contributed by atoms with Gasteiger partial charge in [-0.2, -0.15) is 0 Å². The number of aliphatic carboxylic acids is 1. The van der Waals surface area contributed by atoms with E-state index in [0.717, 1.165) is 11.1 Å². The minimum Gasteiger partial charge on any atom is -0.480 e. The van der Waals surface area contributed by atoms with Crippen LogP contribution in [-0.2, 0) is 27.6 Å². The molecule has 0 amide bonds. The van der Waals surface area contributed by atoms with E-state index in [4.69, 9.17) is 0 Å². The van der Waals surface area contributed by atoms with Crippen molar-refractivity contribution in [2.75, 3.05) is 5.75 Å². The van der Waals surface area contributed by atoms with E-state index in [2.05, 4.69) is 0 Å². The zero-order chi connectivity index (χ0) is 21.5. The summed E-state index contributed by atoms with van der Waals surface area (Å²) in [4.78, 5) is 11.6. The molecule has 0 aliphatic carbocycles. The van der Waals surface area contributed by atoms with E-state index >= 15 is 0 Å². The minimum atomic E-state index is -3.56. The highest BCUT2D eigenvalue weighted by Crippen LogP contribution is 2.37. The maximum absolute atomic E-state index is 14.0. The molecule has 1 N–H and O–H groups in total. The number of aromatic nitrogens is 1. The van der Waals surface area contributed by atoms with Gasteiger partial charge in [-0.25, -0.2) is 12.8 Å². The number of carbonyl (C=O) groups is 1. The number of carboxylic acids is 1. The van der Waals surface area contributed by atoms with Crippen LogP contribution in [0.25, 0.3) is 10.9 Å². The topological polar surface area (TPSA) is 76.4 Å². The summed E-state index contributed by atoms with van der Waals surface area (Å²) in [6, 6.07) is 12.6. The highest BCUT2D eigenvalue weighted by atomic mass is 32.2. The molecular weight excluding hydrogens is 425 g/mol. The normalized spacial score (nSPS) is 16.7. The van der Waals surface area contributed by atoms with Crippen LogP contribution in [0.15, 0.2) is 64.4 Å². The number of sulfone groups is 1. The van der Waals surface area contributed by atoms with Crippen molar-refractivity contribution in [2.24, 2.45) is 0 Å². The van der Waals surface area contributed by atoms with Gasteiger partial charge in [0.05, 0.1) is 10.1 Å². The summed E-state index contributed by atoms with van der Waals surface area (Å²) < 4.78 is 42.0. The SMILES string of the molecule is Cc1c(CC2=CSCC2S(=O)(=O)c2ccccc2)c2cc(F)ccc2n1CC(=O)O. The van der Waals surface area contributed by atoms with Gasteiger partial charge >= 0.3 is 5.97 Å². The average molecular weight is 446 g/mol. The number of nitrogens with zero attached hydrogens (tertiary/aromatic N) is 1. The fourth-order valence-electron chi connectivity index (χ4n) is 3.93. The zero-order valence-corrected chi connectivity index (χ0v) is 17.8. The number of rotatable bonds is 6. The molecule has 8 heteroatoms. The maximum atomic E-state index is 14.0. The largest absolute Gasteiger partial charge is 0.480 e. The second kappa shape index (κ2) is 7.92. The first-order chi connectivity index (χ1) is 14.3. The van der Waals surface area contributed by atoms with E-state index in [-0.39, 0.29) is 11.4 Å². The van der Waals surface area contributed by atoms with Gasteiger partial charge in [-0.1, -0.05) is 18.2 Å². The lowest BCUT2D eigenvalue weighted by Crippen LogP contribution is -2.24. The van der Waals surface area contributed by atoms with E-state index in [1.54, 1.807) is 47.9 Å². The fourth-order valence-corrected chi connectivity index (χ4v) is 7.33. The Bertz CT molecular complexity index is 1260. The quantitative estimate of drug-likeness (QED) is 0.616. The molecular formula is C22H20FNO4S2. The molecule has 4 rings (SSSR count). The Kier molecular flexibility index (Phi) is 5.46. The highest BCUT2D eigenvalue weighted by Gasteiger charge is 2.34. The first-order valence-electron chi connectivity index (χ1n) is 9.37. The average Bonchev–Trinajstić information content (AvgIpc) is 3.28.